The number of amides is 2. The number of hydrogen-bond donors (Lipinski definition) is 2. The highest BCUT2D eigenvalue weighted by Crippen LogP contribution is 2.20. The van der Waals surface area contributed by atoms with E-state index in [-0.39, 0.29) is 18.2 Å². The van der Waals surface area contributed by atoms with Crippen LogP contribution in [0.4, 0.5) is 11.6 Å². The number of benzene rings is 2. The Morgan fingerprint density at radius 2 is 1.69 bits per heavy atom. The molecule has 1 atom stereocenters. The van der Waals surface area contributed by atoms with Crippen LogP contribution in [0.1, 0.15) is 17.5 Å². The molecule has 0 saturated carbocycles. The fourth-order valence-corrected chi connectivity index (χ4v) is 3.16. The van der Waals surface area contributed by atoms with E-state index in [9.17, 15) is 9.59 Å². The van der Waals surface area contributed by atoms with Crippen molar-refractivity contribution < 1.29 is 9.59 Å². The summed E-state index contributed by atoms with van der Waals surface area (Å²) < 4.78 is 0. The van der Waals surface area contributed by atoms with Crippen LogP contribution >= 0.6 is 0 Å². The van der Waals surface area contributed by atoms with Crippen molar-refractivity contribution in [3.8, 4) is 0 Å². The molecule has 2 N–H and O–H groups in total. The van der Waals surface area contributed by atoms with E-state index in [1.54, 1.807) is 25.5 Å². The van der Waals surface area contributed by atoms with E-state index in [2.05, 4.69) is 20.6 Å². The van der Waals surface area contributed by atoms with Crippen molar-refractivity contribution >= 4 is 29.5 Å². The summed E-state index contributed by atoms with van der Waals surface area (Å²) in [6.07, 6.45) is 7.86. The van der Waals surface area contributed by atoms with E-state index < -0.39 is 6.04 Å². The van der Waals surface area contributed by atoms with Crippen molar-refractivity contribution in [2.45, 2.75) is 18.9 Å². The molecule has 0 unspecified atom stereocenters. The summed E-state index contributed by atoms with van der Waals surface area (Å²) in [5, 5.41) is 5.44. The van der Waals surface area contributed by atoms with Gasteiger partial charge in [0, 0.05) is 32.2 Å². The summed E-state index contributed by atoms with van der Waals surface area (Å²) in [6.45, 7) is 0. The van der Waals surface area contributed by atoms with Gasteiger partial charge in [0.2, 0.25) is 17.8 Å². The number of aromatic nitrogens is 2. The third kappa shape index (κ3) is 6.50. The fourth-order valence-electron chi connectivity index (χ4n) is 3.16. The molecule has 7 nitrogen and oxygen atoms in total. The molecular formula is C25H27N5O2. The highest BCUT2D eigenvalue weighted by Gasteiger charge is 2.18. The molecule has 2 aromatic carbocycles. The minimum atomic E-state index is -0.631. The van der Waals surface area contributed by atoms with Gasteiger partial charge in [-0.25, -0.2) is 9.97 Å². The fraction of sp³-hybridized carbons (Fsp3) is 0.200. The van der Waals surface area contributed by atoms with Gasteiger partial charge in [-0.15, -0.1) is 0 Å². The number of carbonyl (C=O) groups excluding carboxylic acids is 2. The quantitative estimate of drug-likeness (QED) is 0.546. The van der Waals surface area contributed by atoms with Crippen molar-refractivity contribution in [1.82, 2.24) is 20.6 Å². The molecule has 164 valence electrons. The molecule has 3 aromatic rings. The second-order valence-electron chi connectivity index (χ2n) is 7.23. The molecule has 0 fully saturated rings. The van der Waals surface area contributed by atoms with Gasteiger partial charge in [0.1, 0.15) is 6.04 Å². The number of rotatable bonds is 9. The van der Waals surface area contributed by atoms with E-state index in [1.165, 1.54) is 0 Å². The highest BCUT2D eigenvalue weighted by molar-refractivity contribution is 5.88. The maximum Gasteiger partial charge on any atom is 0.242 e. The van der Waals surface area contributed by atoms with Crippen LogP contribution in [0.2, 0.25) is 0 Å². The van der Waals surface area contributed by atoms with Gasteiger partial charge in [-0.3, -0.25) is 9.59 Å². The van der Waals surface area contributed by atoms with E-state index in [0.29, 0.717) is 12.4 Å². The average molecular weight is 430 g/mol. The van der Waals surface area contributed by atoms with Gasteiger partial charge < -0.3 is 15.5 Å². The van der Waals surface area contributed by atoms with Gasteiger partial charge >= 0.3 is 0 Å². The van der Waals surface area contributed by atoms with Crippen molar-refractivity contribution in [2.75, 3.05) is 19.0 Å². The molecular weight excluding hydrogens is 402 g/mol. The van der Waals surface area contributed by atoms with E-state index in [1.807, 2.05) is 78.7 Å². The van der Waals surface area contributed by atoms with E-state index >= 15 is 0 Å². The summed E-state index contributed by atoms with van der Waals surface area (Å²) in [4.78, 5) is 35.0. The molecule has 32 heavy (non-hydrogen) atoms. The molecule has 0 aliphatic rings. The van der Waals surface area contributed by atoms with Crippen molar-refractivity contribution in [1.29, 1.82) is 0 Å². The Balaban J connectivity index is 1.58. The second-order valence-corrected chi connectivity index (χ2v) is 7.23. The Hall–Kier alpha value is -4.00. The molecule has 7 heteroatoms. The first-order valence-corrected chi connectivity index (χ1v) is 10.4. The maximum atomic E-state index is 12.4. The minimum absolute atomic E-state index is 0.186. The van der Waals surface area contributed by atoms with Crippen LogP contribution in [-0.4, -0.2) is 41.9 Å². The lowest BCUT2D eigenvalue weighted by atomic mass is 10.1. The molecule has 0 aliphatic carbocycles. The normalized spacial score (nSPS) is 11.7. The van der Waals surface area contributed by atoms with Crippen LogP contribution in [0, 0.1) is 0 Å². The number of likely N-dealkylation sites (N-methyl/N-ethyl adjacent to an activating group) is 1. The van der Waals surface area contributed by atoms with Gasteiger partial charge in [-0.1, -0.05) is 54.6 Å². The van der Waals surface area contributed by atoms with Crippen LogP contribution in [0.25, 0.3) is 6.08 Å². The first-order chi connectivity index (χ1) is 15.6. The second kappa shape index (κ2) is 11.4. The van der Waals surface area contributed by atoms with Crippen molar-refractivity contribution in [3.05, 3.63) is 90.3 Å². The maximum absolute atomic E-state index is 12.4. The highest BCUT2D eigenvalue weighted by atomic mass is 16.2. The van der Waals surface area contributed by atoms with Crippen molar-refractivity contribution in [3.63, 3.8) is 0 Å². The largest absolute Gasteiger partial charge is 0.357 e. The zero-order valence-electron chi connectivity index (χ0n) is 18.2. The Labute approximate surface area is 188 Å². The molecule has 1 heterocycles. The molecule has 0 aliphatic heterocycles. The SMILES string of the molecule is CNC(=O)[C@H](C/C=C/c1ccc(N(C)c2ncccn2)cc1)NC(=O)Cc1ccccc1. The van der Waals surface area contributed by atoms with Crippen LogP contribution in [0.3, 0.4) is 0 Å². The molecule has 0 saturated heterocycles. The molecule has 1 aromatic heterocycles. The molecule has 0 bridgehead atoms. The minimum Gasteiger partial charge on any atom is -0.357 e. The standard InChI is InChI=1S/C25H27N5O2/c1-26-24(32)22(29-23(31)18-20-8-4-3-5-9-20)11-6-10-19-12-14-21(15-13-19)30(2)25-27-16-7-17-28-25/h3-10,12-17,22H,11,18H2,1-2H3,(H,26,32)(H,29,31)/b10-6+/t22-/m0/s1. The summed E-state index contributed by atoms with van der Waals surface area (Å²) in [5.74, 6) is 0.208. The molecule has 3 rings (SSSR count). The predicted molar refractivity (Wildman–Crippen MR) is 126 cm³/mol. The first kappa shape index (κ1) is 22.7. The number of carbonyl (C=O) groups is 2. The molecule has 0 radical (unpaired) electrons. The summed E-state index contributed by atoms with van der Waals surface area (Å²) >= 11 is 0. The molecule has 0 spiro atoms. The number of hydrogen-bond acceptors (Lipinski definition) is 5. The monoisotopic (exact) mass is 429 g/mol. The number of nitrogens with one attached hydrogen (secondary N) is 2. The number of anilines is 2. The van der Waals surface area contributed by atoms with Gasteiger partial charge in [-0.05, 0) is 35.7 Å². The van der Waals surface area contributed by atoms with E-state index in [4.69, 9.17) is 0 Å². The van der Waals surface area contributed by atoms with Crippen LogP contribution in [0.15, 0.2) is 79.1 Å². The van der Waals surface area contributed by atoms with Gasteiger partial charge in [0.15, 0.2) is 0 Å². The topological polar surface area (TPSA) is 87.2 Å². The van der Waals surface area contributed by atoms with Crippen LogP contribution in [-0.2, 0) is 16.0 Å². The summed E-state index contributed by atoms with van der Waals surface area (Å²) in [6, 6.07) is 18.5. The van der Waals surface area contributed by atoms with Crippen LogP contribution in [0.5, 0.6) is 0 Å². The Morgan fingerprint density at radius 1 is 1.00 bits per heavy atom. The lowest BCUT2D eigenvalue weighted by Crippen LogP contribution is -2.45. The Bertz CT molecular complexity index is 1040. The summed E-state index contributed by atoms with van der Waals surface area (Å²) in [7, 11) is 3.47. The Morgan fingerprint density at radius 3 is 2.34 bits per heavy atom. The van der Waals surface area contributed by atoms with Gasteiger partial charge in [-0.2, -0.15) is 0 Å². The van der Waals surface area contributed by atoms with E-state index in [0.717, 1.165) is 16.8 Å². The number of nitrogens with zero attached hydrogens (tertiary/aromatic N) is 3. The lowest BCUT2D eigenvalue weighted by Gasteiger charge is -2.17. The van der Waals surface area contributed by atoms with Gasteiger partial charge in [0.05, 0.1) is 6.42 Å². The van der Waals surface area contributed by atoms with Crippen LogP contribution < -0.4 is 15.5 Å². The zero-order valence-corrected chi connectivity index (χ0v) is 18.2. The Kier molecular flexibility index (Phi) is 8.09. The zero-order chi connectivity index (χ0) is 22.8. The molecule has 2 amide bonds. The summed E-state index contributed by atoms with van der Waals surface area (Å²) in [5.41, 5.74) is 2.86. The first-order valence-electron chi connectivity index (χ1n) is 10.4. The smallest absolute Gasteiger partial charge is 0.242 e. The third-order valence-electron chi connectivity index (χ3n) is 4.92. The third-order valence-corrected chi connectivity index (χ3v) is 4.92. The average Bonchev–Trinajstić information content (AvgIpc) is 2.84. The lowest BCUT2D eigenvalue weighted by molar-refractivity contribution is -0.128. The van der Waals surface area contributed by atoms with Crippen molar-refractivity contribution in [2.24, 2.45) is 0 Å². The van der Waals surface area contributed by atoms with Gasteiger partial charge in [0.25, 0.3) is 0 Å². The predicted octanol–water partition coefficient (Wildman–Crippen LogP) is 3.12.